The van der Waals surface area contributed by atoms with E-state index in [1.54, 1.807) is 6.92 Å². The van der Waals surface area contributed by atoms with Crippen molar-refractivity contribution in [2.24, 2.45) is 5.73 Å². The van der Waals surface area contributed by atoms with Crippen LogP contribution in [0.4, 0.5) is 0 Å². The Kier molecular flexibility index (Phi) is 2.47. The quantitative estimate of drug-likeness (QED) is 0.648. The van der Waals surface area contributed by atoms with Gasteiger partial charge in [0.05, 0.1) is 5.25 Å². The predicted molar refractivity (Wildman–Crippen MR) is 48.2 cm³/mol. The van der Waals surface area contributed by atoms with Crippen LogP contribution < -0.4 is 10.5 Å². The third kappa shape index (κ3) is 2.18. The molecular formula is C7H16N2O2S. The van der Waals surface area contributed by atoms with Gasteiger partial charge in [0.25, 0.3) is 0 Å². The van der Waals surface area contributed by atoms with E-state index in [9.17, 15) is 8.42 Å². The average molecular weight is 192 g/mol. The molecule has 0 aliphatic heterocycles. The molecule has 0 amide bonds. The lowest BCUT2D eigenvalue weighted by atomic mass is 10.4. The summed E-state index contributed by atoms with van der Waals surface area (Å²) in [6.45, 7) is 3.70. The number of sulfonamides is 1. The van der Waals surface area contributed by atoms with E-state index in [1.807, 2.05) is 6.92 Å². The van der Waals surface area contributed by atoms with Gasteiger partial charge in [-0.3, -0.25) is 0 Å². The summed E-state index contributed by atoms with van der Waals surface area (Å²) in [5, 5.41) is -0.491. The highest BCUT2D eigenvalue weighted by atomic mass is 32.2. The highest BCUT2D eigenvalue weighted by molar-refractivity contribution is 7.90. The highest BCUT2D eigenvalue weighted by Gasteiger charge is 2.41. The smallest absolute Gasteiger partial charge is 0.215 e. The zero-order valence-corrected chi connectivity index (χ0v) is 8.32. The molecule has 4 nitrogen and oxygen atoms in total. The first-order valence-corrected chi connectivity index (χ1v) is 5.67. The molecule has 1 fully saturated rings. The molecule has 1 unspecified atom stereocenters. The van der Waals surface area contributed by atoms with E-state index in [2.05, 4.69) is 4.72 Å². The minimum atomic E-state index is -3.18. The Labute approximate surface area is 73.6 Å². The van der Waals surface area contributed by atoms with Gasteiger partial charge < -0.3 is 5.73 Å². The van der Waals surface area contributed by atoms with Crippen molar-refractivity contribution in [3.05, 3.63) is 0 Å². The Bertz CT molecular complexity index is 257. The molecule has 1 rings (SSSR count). The first kappa shape index (κ1) is 9.95. The van der Waals surface area contributed by atoms with Crippen LogP contribution in [0.25, 0.3) is 0 Å². The fraction of sp³-hybridized carbons (Fsp3) is 1.00. The van der Waals surface area contributed by atoms with Crippen LogP contribution in [0.3, 0.4) is 0 Å². The van der Waals surface area contributed by atoms with Crippen LogP contribution in [0.2, 0.25) is 0 Å². The largest absolute Gasteiger partial charge is 0.329 e. The maximum atomic E-state index is 11.4. The van der Waals surface area contributed by atoms with Gasteiger partial charge in [0.1, 0.15) is 0 Å². The van der Waals surface area contributed by atoms with Gasteiger partial charge in [-0.2, -0.15) is 0 Å². The molecule has 0 saturated heterocycles. The maximum absolute atomic E-state index is 11.4. The average Bonchev–Trinajstić information content (AvgIpc) is 2.64. The first-order chi connectivity index (χ1) is 5.40. The summed E-state index contributed by atoms with van der Waals surface area (Å²) >= 11 is 0. The molecule has 0 aromatic rings. The van der Waals surface area contributed by atoms with Crippen molar-refractivity contribution in [1.82, 2.24) is 4.72 Å². The van der Waals surface area contributed by atoms with Crippen molar-refractivity contribution in [1.29, 1.82) is 0 Å². The molecule has 1 aliphatic carbocycles. The summed E-state index contributed by atoms with van der Waals surface area (Å²) in [4.78, 5) is 0. The molecule has 1 saturated carbocycles. The lowest BCUT2D eigenvalue weighted by Crippen LogP contribution is -2.42. The lowest BCUT2D eigenvalue weighted by Gasteiger charge is -2.15. The normalized spacial score (nSPS) is 23.6. The minimum Gasteiger partial charge on any atom is -0.329 e. The van der Waals surface area contributed by atoms with Crippen molar-refractivity contribution in [2.45, 2.75) is 37.5 Å². The van der Waals surface area contributed by atoms with Crippen molar-refractivity contribution in [3.8, 4) is 0 Å². The summed E-state index contributed by atoms with van der Waals surface area (Å²) in [7, 11) is -3.18. The summed E-state index contributed by atoms with van der Waals surface area (Å²) < 4.78 is 25.5. The molecule has 12 heavy (non-hydrogen) atoms. The van der Waals surface area contributed by atoms with E-state index < -0.39 is 15.3 Å². The molecule has 0 spiro atoms. The Morgan fingerprint density at radius 2 is 2.08 bits per heavy atom. The highest BCUT2D eigenvalue weighted by Crippen LogP contribution is 2.35. The van der Waals surface area contributed by atoms with Crippen LogP contribution in [0.15, 0.2) is 0 Å². The van der Waals surface area contributed by atoms with Gasteiger partial charge in [0.2, 0.25) is 10.0 Å². The molecular weight excluding hydrogens is 176 g/mol. The molecule has 5 heteroatoms. The minimum absolute atomic E-state index is 0.172. The zero-order valence-electron chi connectivity index (χ0n) is 7.50. The molecule has 72 valence electrons. The van der Waals surface area contributed by atoms with Gasteiger partial charge in [0, 0.05) is 12.1 Å². The number of hydrogen-bond acceptors (Lipinski definition) is 3. The monoisotopic (exact) mass is 192 g/mol. The number of rotatable bonds is 4. The van der Waals surface area contributed by atoms with E-state index in [-0.39, 0.29) is 12.1 Å². The van der Waals surface area contributed by atoms with Gasteiger partial charge in [-0.1, -0.05) is 0 Å². The Morgan fingerprint density at radius 3 is 2.42 bits per heavy atom. The molecule has 1 aliphatic rings. The predicted octanol–water partition coefficient (Wildman–Crippen LogP) is -0.194. The molecule has 1 atom stereocenters. The Morgan fingerprint density at radius 1 is 1.58 bits per heavy atom. The van der Waals surface area contributed by atoms with Crippen LogP contribution in [0, 0.1) is 0 Å². The Hall–Kier alpha value is -0.130. The summed E-state index contributed by atoms with van der Waals surface area (Å²) in [6.07, 6.45) is 1.87. The molecule has 0 radical (unpaired) electrons. The van der Waals surface area contributed by atoms with E-state index in [0.29, 0.717) is 0 Å². The molecule has 0 aromatic carbocycles. The molecule has 0 bridgehead atoms. The molecule has 0 heterocycles. The number of nitrogens with one attached hydrogen (secondary N) is 1. The van der Waals surface area contributed by atoms with Crippen LogP contribution in [0.1, 0.15) is 26.7 Å². The van der Waals surface area contributed by atoms with Gasteiger partial charge in [-0.15, -0.1) is 0 Å². The lowest BCUT2D eigenvalue weighted by molar-refractivity contribution is 0.546. The van der Waals surface area contributed by atoms with Crippen LogP contribution in [0.5, 0.6) is 0 Å². The molecule has 3 N–H and O–H groups in total. The van der Waals surface area contributed by atoms with Crippen LogP contribution >= 0.6 is 0 Å². The fourth-order valence-electron chi connectivity index (χ4n) is 0.860. The van der Waals surface area contributed by atoms with E-state index in [1.165, 1.54) is 0 Å². The summed E-state index contributed by atoms with van der Waals surface area (Å²) in [6, 6.07) is 0. The second kappa shape index (κ2) is 2.97. The van der Waals surface area contributed by atoms with Crippen molar-refractivity contribution in [2.75, 3.05) is 6.54 Å². The standard InChI is InChI=1S/C7H16N2O2S/c1-6(5-8)12(10,11)9-7(2)3-4-7/h6,9H,3-5,8H2,1-2H3. The second-order valence-electron chi connectivity index (χ2n) is 3.75. The van der Waals surface area contributed by atoms with Gasteiger partial charge in [-0.25, -0.2) is 13.1 Å². The summed E-state index contributed by atoms with van der Waals surface area (Å²) in [5.41, 5.74) is 5.10. The SMILES string of the molecule is CC(CN)S(=O)(=O)NC1(C)CC1. The third-order valence-electron chi connectivity index (χ3n) is 2.25. The third-order valence-corrected chi connectivity index (χ3v) is 4.28. The fourth-order valence-corrected chi connectivity index (χ4v) is 2.21. The van der Waals surface area contributed by atoms with Crippen molar-refractivity contribution >= 4 is 10.0 Å². The zero-order chi connectivity index (χ0) is 9.41. The Balaban J connectivity index is 2.60. The first-order valence-electron chi connectivity index (χ1n) is 4.12. The van der Waals surface area contributed by atoms with Crippen molar-refractivity contribution in [3.63, 3.8) is 0 Å². The van der Waals surface area contributed by atoms with Gasteiger partial charge in [-0.05, 0) is 26.7 Å². The van der Waals surface area contributed by atoms with Crippen LogP contribution in [-0.4, -0.2) is 25.8 Å². The van der Waals surface area contributed by atoms with E-state index in [0.717, 1.165) is 12.8 Å². The van der Waals surface area contributed by atoms with Crippen molar-refractivity contribution < 1.29 is 8.42 Å². The summed E-state index contributed by atoms with van der Waals surface area (Å²) in [5.74, 6) is 0. The molecule has 0 aromatic heterocycles. The number of hydrogen-bond donors (Lipinski definition) is 2. The van der Waals surface area contributed by atoms with E-state index in [4.69, 9.17) is 5.73 Å². The van der Waals surface area contributed by atoms with Gasteiger partial charge in [0.15, 0.2) is 0 Å². The number of nitrogens with two attached hydrogens (primary N) is 1. The van der Waals surface area contributed by atoms with Gasteiger partial charge >= 0.3 is 0 Å². The van der Waals surface area contributed by atoms with E-state index >= 15 is 0 Å². The topological polar surface area (TPSA) is 72.2 Å². The van der Waals surface area contributed by atoms with Crippen LogP contribution in [-0.2, 0) is 10.0 Å². The second-order valence-corrected chi connectivity index (χ2v) is 5.85. The maximum Gasteiger partial charge on any atom is 0.215 e.